The number of allylic oxidation sites excluding steroid dienone is 1. The van der Waals surface area contributed by atoms with Gasteiger partial charge in [0, 0.05) is 25.7 Å². The highest BCUT2D eigenvalue weighted by molar-refractivity contribution is 5.99. The molecule has 1 N–H and O–H groups in total. The number of halogens is 3. The Labute approximate surface area is 290 Å². The predicted molar refractivity (Wildman–Crippen MR) is 178 cm³/mol. The molecule has 6 rings (SSSR count). The molecule has 0 bridgehead atoms. The highest BCUT2D eigenvalue weighted by atomic mass is 19.4. The molecule has 0 aromatic heterocycles. The van der Waals surface area contributed by atoms with E-state index in [-0.39, 0.29) is 31.0 Å². The Balaban J connectivity index is 1.22. The number of nitrogens with zero attached hydrogens (tertiary/aromatic N) is 4. The minimum Gasteiger partial charge on any atom is -0.447 e. The molecule has 4 atom stereocenters. The third-order valence-electron chi connectivity index (χ3n) is 10.4. The van der Waals surface area contributed by atoms with Crippen molar-refractivity contribution < 1.29 is 37.1 Å². The molecule has 50 heavy (non-hydrogen) atoms. The standard InChI is InChI=1S/C37H44F3N5O5/c1-2-10-29-33(45-31(24-50-36(45)49)26-12-5-3-6-13-26)35(48)44(29)30(34(47)41-23-25-11-9-14-27(21-25)37(38,39)40)22-32(46)43-19-15-28(16-20-43)42-17-7-4-8-18-42/h2-3,5-6,9-14,21,28-31,33H,4,7-8,15-20,22-24H2,1H3,(H,41,47)/t29?,30?,31-,33?/m1/s1. The zero-order valence-corrected chi connectivity index (χ0v) is 28.2. The van der Waals surface area contributed by atoms with Gasteiger partial charge in [0.05, 0.1) is 24.1 Å². The van der Waals surface area contributed by atoms with E-state index in [0.29, 0.717) is 19.1 Å². The lowest BCUT2D eigenvalue weighted by Crippen LogP contribution is -2.74. The summed E-state index contributed by atoms with van der Waals surface area (Å²) in [7, 11) is 0. The van der Waals surface area contributed by atoms with Gasteiger partial charge >= 0.3 is 12.3 Å². The van der Waals surface area contributed by atoms with Crippen LogP contribution in [-0.4, -0.2) is 100 Å². The largest absolute Gasteiger partial charge is 0.447 e. The maximum atomic E-state index is 14.1. The number of rotatable bonds is 10. The van der Waals surface area contributed by atoms with Crippen LogP contribution in [0.25, 0.3) is 0 Å². The second-order valence-electron chi connectivity index (χ2n) is 13.5. The highest BCUT2D eigenvalue weighted by Crippen LogP contribution is 2.39. The van der Waals surface area contributed by atoms with Crippen molar-refractivity contribution in [2.45, 2.75) is 88.4 Å². The molecule has 10 nitrogen and oxygen atoms in total. The van der Waals surface area contributed by atoms with Crippen molar-refractivity contribution in [2.24, 2.45) is 0 Å². The Hall–Kier alpha value is -4.39. The van der Waals surface area contributed by atoms with Crippen LogP contribution < -0.4 is 5.32 Å². The van der Waals surface area contributed by atoms with E-state index in [2.05, 4.69) is 10.2 Å². The number of amides is 4. The molecule has 4 saturated heterocycles. The van der Waals surface area contributed by atoms with Crippen molar-refractivity contribution in [1.29, 1.82) is 0 Å². The van der Waals surface area contributed by atoms with Crippen molar-refractivity contribution in [3.63, 3.8) is 0 Å². The van der Waals surface area contributed by atoms with Gasteiger partial charge in [0.15, 0.2) is 0 Å². The minimum atomic E-state index is -4.55. The maximum absolute atomic E-state index is 14.1. The van der Waals surface area contributed by atoms with Crippen LogP contribution in [0.15, 0.2) is 66.7 Å². The van der Waals surface area contributed by atoms with Crippen LogP contribution in [0.5, 0.6) is 0 Å². The van der Waals surface area contributed by atoms with Crippen LogP contribution in [0.1, 0.15) is 68.2 Å². The molecule has 2 aromatic carbocycles. The Kier molecular flexibility index (Phi) is 10.8. The van der Waals surface area contributed by atoms with E-state index in [4.69, 9.17) is 4.74 Å². The Morgan fingerprint density at radius 3 is 2.38 bits per heavy atom. The molecule has 4 heterocycles. The number of alkyl halides is 3. The maximum Gasteiger partial charge on any atom is 0.416 e. The van der Waals surface area contributed by atoms with E-state index in [1.807, 2.05) is 30.3 Å². The first-order chi connectivity index (χ1) is 24.1. The smallest absolute Gasteiger partial charge is 0.416 e. The van der Waals surface area contributed by atoms with Crippen LogP contribution in [-0.2, 0) is 31.8 Å². The number of piperidine rings is 2. The molecule has 4 amide bonds. The first-order valence-corrected chi connectivity index (χ1v) is 17.5. The SMILES string of the molecule is CC=CC1C(N2C(=O)OC[C@@H]2c2ccccc2)C(=O)N1C(CC(=O)N1CCC(N2CCCCC2)CC1)C(=O)NCc1cccc(C(F)(F)F)c1. The molecule has 4 aliphatic rings. The van der Waals surface area contributed by atoms with Gasteiger partial charge in [-0.1, -0.05) is 61.0 Å². The Bertz CT molecular complexity index is 1570. The minimum absolute atomic E-state index is 0.0575. The molecule has 0 aliphatic carbocycles. The van der Waals surface area contributed by atoms with Gasteiger partial charge in [-0.05, 0) is 69.0 Å². The predicted octanol–water partition coefficient (Wildman–Crippen LogP) is 4.91. The quantitative estimate of drug-likeness (QED) is 0.280. The lowest BCUT2D eigenvalue weighted by Gasteiger charge is -2.52. The molecule has 0 saturated carbocycles. The Morgan fingerprint density at radius 1 is 0.980 bits per heavy atom. The van der Waals surface area contributed by atoms with Gasteiger partial charge in [-0.2, -0.15) is 13.2 Å². The van der Waals surface area contributed by atoms with E-state index in [1.165, 1.54) is 41.2 Å². The van der Waals surface area contributed by atoms with Gasteiger partial charge in [0.2, 0.25) is 17.7 Å². The van der Waals surface area contributed by atoms with Crippen LogP contribution >= 0.6 is 0 Å². The number of nitrogens with one attached hydrogen (secondary N) is 1. The second-order valence-corrected chi connectivity index (χ2v) is 13.5. The van der Waals surface area contributed by atoms with Gasteiger partial charge in [0.25, 0.3) is 0 Å². The number of ether oxygens (including phenoxy) is 1. The monoisotopic (exact) mass is 695 g/mol. The summed E-state index contributed by atoms with van der Waals surface area (Å²) in [5, 5.41) is 2.69. The zero-order valence-electron chi connectivity index (χ0n) is 28.2. The molecular formula is C37H44F3N5O5. The molecule has 4 fully saturated rings. The number of hydrogen-bond acceptors (Lipinski definition) is 6. The molecule has 0 spiro atoms. The van der Waals surface area contributed by atoms with Crippen molar-refractivity contribution >= 4 is 23.8 Å². The second kappa shape index (κ2) is 15.2. The summed E-state index contributed by atoms with van der Waals surface area (Å²) in [6.07, 6.45) is 3.18. The summed E-state index contributed by atoms with van der Waals surface area (Å²) in [5.74, 6) is -1.45. The number of benzene rings is 2. The van der Waals surface area contributed by atoms with E-state index < -0.39 is 53.8 Å². The summed E-state index contributed by atoms with van der Waals surface area (Å²) in [5.41, 5.74) is 0.173. The topological polar surface area (TPSA) is 102 Å². The number of carbonyl (C=O) groups is 4. The molecule has 13 heteroatoms. The number of carbonyl (C=O) groups excluding carboxylic acids is 4. The van der Waals surface area contributed by atoms with Crippen molar-refractivity contribution in [1.82, 2.24) is 24.9 Å². The van der Waals surface area contributed by atoms with Gasteiger partial charge in [0.1, 0.15) is 18.7 Å². The average Bonchev–Trinajstić information content (AvgIpc) is 3.50. The van der Waals surface area contributed by atoms with Crippen molar-refractivity contribution in [2.75, 3.05) is 32.8 Å². The molecular weight excluding hydrogens is 651 g/mol. The molecule has 2 aromatic rings. The highest BCUT2D eigenvalue weighted by Gasteiger charge is 2.58. The van der Waals surface area contributed by atoms with Gasteiger partial charge in [-0.3, -0.25) is 19.3 Å². The average molecular weight is 696 g/mol. The van der Waals surface area contributed by atoms with E-state index in [1.54, 1.807) is 24.0 Å². The molecule has 0 radical (unpaired) electrons. The lowest BCUT2D eigenvalue weighted by atomic mass is 9.87. The van der Waals surface area contributed by atoms with E-state index >= 15 is 0 Å². The van der Waals surface area contributed by atoms with E-state index in [9.17, 15) is 32.3 Å². The molecule has 3 unspecified atom stereocenters. The summed E-state index contributed by atoms with van der Waals surface area (Å²) < 4.78 is 45.5. The third kappa shape index (κ3) is 7.52. The van der Waals surface area contributed by atoms with Crippen LogP contribution in [0, 0.1) is 0 Å². The molecule has 4 aliphatic heterocycles. The zero-order chi connectivity index (χ0) is 35.4. The van der Waals surface area contributed by atoms with Gasteiger partial charge in [-0.25, -0.2) is 4.79 Å². The summed E-state index contributed by atoms with van der Waals surface area (Å²) in [6, 6.07) is 10.8. The Morgan fingerprint density at radius 2 is 1.70 bits per heavy atom. The summed E-state index contributed by atoms with van der Waals surface area (Å²) in [4.78, 5) is 61.9. The molecule has 268 valence electrons. The van der Waals surface area contributed by atoms with Gasteiger partial charge < -0.3 is 24.8 Å². The van der Waals surface area contributed by atoms with Crippen LogP contribution in [0.3, 0.4) is 0 Å². The normalized spacial score (nSPS) is 24.3. The van der Waals surface area contributed by atoms with E-state index in [0.717, 1.165) is 43.6 Å². The lowest BCUT2D eigenvalue weighted by molar-refractivity contribution is -0.164. The summed E-state index contributed by atoms with van der Waals surface area (Å²) in [6.45, 7) is 4.78. The first kappa shape index (κ1) is 35.4. The number of β-lactam (4-membered cyclic amide) rings is 1. The van der Waals surface area contributed by atoms with Crippen molar-refractivity contribution in [3.8, 4) is 0 Å². The fourth-order valence-corrected chi connectivity index (χ4v) is 7.77. The number of cyclic esters (lactones) is 1. The van der Waals surface area contributed by atoms with Crippen molar-refractivity contribution in [3.05, 3.63) is 83.4 Å². The van der Waals surface area contributed by atoms with Crippen LogP contribution in [0.4, 0.5) is 18.0 Å². The number of likely N-dealkylation sites (tertiary alicyclic amines) is 3. The van der Waals surface area contributed by atoms with Crippen LogP contribution in [0.2, 0.25) is 0 Å². The fraction of sp³-hybridized carbons (Fsp3) is 0.514. The first-order valence-electron chi connectivity index (χ1n) is 17.5. The number of hydrogen-bond donors (Lipinski definition) is 1. The van der Waals surface area contributed by atoms with Gasteiger partial charge in [-0.15, -0.1) is 0 Å². The third-order valence-corrected chi connectivity index (χ3v) is 10.4. The summed E-state index contributed by atoms with van der Waals surface area (Å²) >= 11 is 0. The fourth-order valence-electron chi connectivity index (χ4n) is 7.77.